The van der Waals surface area contributed by atoms with Crippen LogP contribution in [0.2, 0.25) is 0 Å². The largest absolute Gasteiger partial charge is 0.469 e. The van der Waals surface area contributed by atoms with E-state index < -0.39 is 5.60 Å². The lowest BCUT2D eigenvalue weighted by atomic mass is 9.44. The van der Waals surface area contributed by atoms with Gasteiger partial charge in [0.25, 0.3) is 0 Å². The van der Waals surface area contributed by atoms with Crippen LogP contribution in [0, 0.1) is 46.8 Å². The van der Waals surface area contributed by atoms with E-state index >= 15 is 0 Å². The zero-order valence-corrected chi connectivity index (χ0v) is 15.6. The lowest BCUT2D eigenvalue weighted by Gasteiger charge is -2.60. The van der Waals surface area contributed by atoms with Gasteiger partial charge in [0, 0.05) is 11.8 Å². The van der Waals surface area contributed by atoms with Crippen molar-refractivity contribution < 1.29 is 9.52 Å². The van der Waals surface area contributed by atoms with Crippen LogP contribution in [0.25, 0.3) is 0 Å². The van der Waals surface area contributed by atoms with Crippen LogP contribution >= 0.6 is 0 Å². The van der Waals surface area contributed by atoms with Gasteiger partial charge < -0.3 is 9.52 Å². The molecule has 0 aromatic carbocycles. The Labute approximate surface area is 151 Å². The molecule has 4 aliphatic rings. The van der Waals surface area contributed by atoms with E-state index in [1.54, 1.807) is 0 Å². The fourth-order valence-electron chi connectivity index (χ4n) is 7.74. The van der Waals surface area contributed by atoms with E-state index in [9.17, 15) is 5.11 Å². The molecule has 2 heteroatoms. The Balaban J connectivity index is 1.50. The molecule has 25 heavy (non-hydrogen) atoms. The van der Waals surface area contributed by atoms with Crippen LogP contribution in [0.1, 0.15) is 63.7 Å². The first kappa shape index (κ1) is 16.0. The molecule has 3 fully saturated rings. The van der Waals surface area contributed by atoms with E-state index in [2.05, 4.69) is 25.8 Å². The molecule has 1 aromatic heterocycles. The van der Waals surface area contributed by atoms with Crippen LogP contribution in [0.5, 0.6) is 0 Å². The molecule has 1 aromatic rings. The zero-order valence-electron chi connectivity index (χ0n) is 15.6. The first-order valence-corrected chi connectivity index (χ1v) is 10.2. The zero-order chi connectivity index (χ0) is 17.4. The second kappa shape index (κ2) is 4.95. The van der Waals surface area contributed by atoms with E-state index in [4.69, 9.17) is 10.8 Å². The average molecular weight is 338 g/mol. The quantitative estimate of drug-likeness (QED) is 0.701. The van der Waals surface area contributed by atoms with Crippen LogP contribution in [0.15, 0.2) is 16.7 Å². The maximum absolute atomic E-state index is 11.1. The number of hydrogen-bond donors (Lipinski definition) is 1. The van der Waals surface area contributed by atoms with E-state index in [0.717, 1.165) is 43.4 Å². The van der Waals surface area contributed by atoms with Crippen LogP contribution in [-0.4, -0.2) is 10.7 Å². The van der Waals surface area contributed by atoms with Crippen LogP contribution in [0.3, 0.4) is 0 Å². The molecule has 5 rings (SSSR count). The molecule has 0 radical (unpaired) electrons. The summed E-state index contributed by atoms with van der Waals surface area (Å²) < 4.78 is 5.76. The second-order valence-electron chi connectivity index (χ2n) is 9.91. The Hall–Kier alpha value is -1.20. The average Bonchev–Trinajstić information content (AvgIpc) is 3.14. The van der Waals surface area contributed by atoms with Crippen LogP contribution in [-0.2, 0) is 12.8 Å². The third kappa shape index (κ3) is 1.86. The SMILES string of the molecule is C#C[C@]1(O)CCC2C3CC[C@H]4Cc5occc5C[C@]4(C)C3CC[C@@]21C. The Morgan fingerprint density at radius 2 is 1.96 bits per heavy atom. The third-order valence-electron chi connectivity index (χ3n) is 9.30. The standard InChI is InChI=1S/C23H30O2/c1-4-23(24)11-8-19-17-6-5-16-13-20-15(9-12-25-20)14-21(16,2)18(17)7-10-22(19,23)3/h1,9,12,16-19,24H,5-8,10-11,13-14H2,2-3H3/t16-,17?,18?,19?,21-,22-,23-/m0/s1. The van der Waals surface area contributed by atoms with Gasteiger partial charge in [-0.2, -0.15) is 0 Å². The monoisotopic (exact) mass is 338 g/mol. The van der Waals surface area contributed by atoms with Crippen LogP contribution in [0.4, 0.5) is 0 Å². The summed E-state index contributed by atoms with van der Waals surface area (Å²) in [4.78, 5) is 0. The highest BCUT2D eigenvalue weighted by atomic mass is 16.3. The molecule has 0 amide bonds. The lowest BCUT2D eigenvalue weighted by Crippen LogP contribution is -2.56. The van der Waals surface area contributed by atoms with Gasteiger partial charge in [0.1, 0.15) is 11.4 Å². The van der Waals surface area contributed by atoms with Crippen molar-refractivity contribution in [1.29, 1.82) is 0 Å². The number of terminal acetylenes is 1. The normalized spacial score (nSPS) is 51.0. The predicted molar refractivity (Wildman–Crippen MR) is 97.8 cm³/mol. The maximum Gasteiger partial charge on any atom is 0.130 e. The highest BCUT2D eigenvalue weighted by Crippen LogP contribution is 2.67. The van der Waals surface area contributed by atoms with Gasteiger partial charge in [-0.1, -0.05) is 19.8 Å². The fraction of sp³-hybridized carbons (Fsp3) is 0.739. The molecular weight excluding hydrogens is 308 g/mol. The van der Waals surface area contributed by atoms with Gasteiger partial charge in [-0.15, -0.1) is 6.42 Å². The number of hydrogen-bond acceptors (Lipinski definition) is 2. The van der Waals surface area contributed by atoms with Crippen molar-refractivity contribution in [3.63, 3.8) is 0 Å². The molecule has 1 heterocycles. The summed E-state index contributed by atoms with van der Waals surface area (Å²) in [6.07, 6.45) is 16.8. The second-order valence-corrected chi connectivity index (χ2v) is 9.91. The van der Waals surface area contributed by atoms with Crippen molar-refractivity contribution in [3.8, 4) is 12.3 Å². The topological polar surface area (TPSA) is 33.4 Å². The van der Waals surface area contributed by atoms with Gasteiger partial charge in [-0.3, -0.25) is 0 Å². The maximum atomic E-state index is 11.1. The Morgan fingerprint density at radius 1 is 1.16 bits per heavy atom. The van der Waals surface area contributed by atoms with Gasteiger partial charge in [0.2, 0.25) is 0 Å². The molecule has 3 unspecified atom stereocenters. The number of rotatable bonds is 0. The van der Waals surface area contributed by atoms with Gasteiger partial charge in [-0.25, -0.2) is 0 Å². The Morgan fingerprint density at radius 3 is 2.76 bits per heavy atom. The molecule has 0 aliphatic heterocycles. The summed E-state index contributed by atoms with van der Waals surface area (Å²) in [7, 11) is 0. The highest BCUT2D eigenvalue weighted by Gasteiger charge is 2.64. The fourth-order valence-corrected chi connectivity index (χ4v) is 7.74. The molecule has 1 N–H and O–H groups in total. The minimum Gasteiger partial charge on any atom is -0.469 e. The summed E-state index contributed by atoms with van der Waals surface area (Å²) in [5.41, 5.74) is 0.865. The van der Waals surface area contributed by atoms with Gasteiger partial charge in [0.05, 0.1) is 6.26 Å². The number of aliphatic hydroxyl groups is 1. The third-order valence-corrected chi connectivity index (χ3v) is 9.30. The van der Waals surface area contributed by atoms with E-state index in [1.807, 2.05) is 6.26 Å². The lowest BCUT2D eigenvalue weighted by molar-refractivity contribution is -0.128. The van der Waals surface area contributed by atoms with Gasteiger partial charge in [0.15, 0.2) is 0 Å². The summed E-state index contributed by atoms with van der Waals surface area (Å²) in [5, 5.41) is 11.1. The van der Waals surface area contributed by atoms with Gasteiger partial charge >= 0.3 is 0 Å². The molecule has 134 valence electrons. The molecule has 3 saturated carbocycles. The summed E-state index contributed by atoms with van der Waals surface area (Å²) in [5.74, 6) is 6.88. The van der Waals surface area contributed by atoms with Crippen molar-refractivity contribution >= 4 is 0 Å². The molecular formula is C23H30O2. The molecule has 4 aliphatic carbocycles. The minimum atomic E-state index is -0.884. The molecule has 0 saturated heterocycles. The number of furan rings is 1. The summed E-state index contributed by atoms with van der Waals surface area (Å²) in [6, 6.07) is 2.19. The van der Waals surface area contributed by atoms with Crippen LogP contribution < -0.4 is 0 Å². The van der Waals surface area contributed by atoms with Crippen molar-refractivity contribution in [3.05, 3.63) is 23.7 Å². The molecule has 7 atom stereocenters. The van der Waals surface area contributed by atoms with Crippen molar-refractivity contribution in [2.75, 3.05) is 0 Å². The highest BCUT2D eigenvalue weighted by molar-refractivity contribution is 5.28. The van der Waals surface area contributed by atoms with Crippen molar-refractivity contribution in [2.45, 2.75) is 70.8 Å². The summed E-state index contributed by atoms with van der Waals surface area (Å²) in [6.45, 7) is 4.83. The van der Waals surface area contributed by atoms with Crippen molar-refractivity contribution in [1.82, 2.24) is 0 Å². The molecule has 0 spiro atoms. The predicted octanol–water partition coefficient (Wildman–Crippen LogP) is 4.60. The number of fused-ring (bicyclic) bond motifs is 6. The first-order valence-electron chi connectivity index (χ1n) is 10.2. The van der Waals surface area contributed by atoms with E-state index in [0.29, 0.717) is 11.3 Å². The smallest absolute Gasteiger partial charge is 0.130 e. The van der Waals surface area contributed by atoms with Gasteiger partial charge in [-0.05, 0) is 85.7 Å². The molecule has 2 nitrogen and oxygen atoms in total. The first-order chi connectivity index (χ1) is 11.9. The Bertz CT molecular complexity index is 742. The van der Waals surface area contributed by atoms with Crippen molar-refractivity contribution in [2.24, 2.45) is 34.5 Å². The van der Waals surface area contributed by atoms with E-state index in [1.165, 1.54) is 37.0 Å². The minimum absolute atomic E-state index is 0.0818. The van der Waals surface area contributed by atoms with E-state index in [-0.39, 0.29) is 5.41 Å². The molecule has 0 bridgehead atoms. The Kier molecular flexibility index (Phi) is 3.17. The summed E-state index contributed by atoms with van der Waals surface area (Å²) >= 11 is 0.